The molecule has 122 valence electrons. The molecule has 1 aliphatic rings. The second kappa shape index (κ2) is 7.40. The molecule has 1 aliphatic heterocycles. The maximum atomic E-state index is 12.0. The first-order valence-electron chi connectivity index (χ1n) is 7.67. The van der Waals surface area contributed by atoms with Crippen molar-refractivity contribution in [1.29, 1.82) is 0 Å². The minimum Gasteiger partial charge on any atom is -0.368 e. The van der Waals surface area contributed by atoms with Gasteiger partial charge in [-0.25, -0.2) is 0 Å². The van der Waals surface area contributed by atoms with Gasteiger partial charge in [0.05, 0.1) is 6.61 Å². The lowest BCUT2D eigenvalue weighted by molar-refractivity contribution is -0.129. The van der Waals surface area contributed by atoms with Crippen LogP contribution in [0.1, 0.15) is 43.2 Å². The predicted octanol–water partition coefficient (Wildman–Crippen LogP) is 0.735. The highest BCUT2D eigenvalue weighted by Crippen LogP contribution is 2.22. The van der Waals surface area contributed by atoms with Gasteiger partial charge in [0.2, 0.25) is 5.91 Å². The lowest BCUT2D eigenvalue weighted by Gasteiger charge is -2.09. The fourth-order valence-corrected chi connectivity index (χ4v) is 2.46. The predicted molar refractivity (Wildman–Crippen MR) is 81.5 cm³/mol. The number of carbonyl (C=O) groups is 2. The van der Waals surface area contributed by atoms with Gasteiger partial charge in [0.1, 0.15) is 11.8 Å². The van der Waals surface area contributed by atoms with Gasteiger partial charge in [0.15, 0.2) is 0 Å². The number of amides is 2. The van der Waals surface area contributed by atoms with Crippen LogP contribution < -0.4 is 10.6 Å². The topological polar surface area (TPSA) is 85.3 Å². The highest BCUT2D eigenvalue weighted by atomic mass is 16.5. The van der Waals surface area contributed by atoms with Crippen LogP contribution in [0.2, 0.25) is 0 Å². The van der Waals surface area contributed by atoms with E-state index in [-0.39, 0.29) is 24.0 Å². The van der Waals surface area contributed by atoms with Gasteiger partial charge in [-0.1, -0.05) is 0 Å². The number of rotatable bonds is 6. The van der Waals surface area contributed by atoms with Crippen LogP contribution in [0.3, 0.4) is 0 Å². The summed E-state index contributed by atoms with van der Waals surface area (Å²) in [4.78, 5) is 23.5. The third-order valence-electron chi connectivity index (χ3n) is 3.83. The summed E-state index contributed by atoms with van der Waals surface area (Å²) in [5, 5.41) is 9.69. The van der Waals surface area contributed by atoms with Crippen molar-refractivity contribution in [2.24, 2.45) is 5.92 Å². The van der Waals surface area contributed by atoms with Crippen LogP contribution in [0, 0.1) is 5.92 Å². The summed E-state index contributed by atoms with van der Waals surface area (Å²) in [6.45, 7) is 5.15. The van der Waals surface area contributed by atoms with E-state index in [0.29, 0.717) is 31.2 Å². The van der Waals surface area contributed by atoms with Crippen LogP contribution in [0.4, 0.5) is 0 Å². The summed E-state index contributed by atoms with van der Waals surface area (Å²) in [7, 11) is 1.61. The Bertz CT molecular complexity index is 527. The Kier molecular flexibility index (Phi) is 5.54. The summed E-state index contributed by atoms with van der Waals surface area (Å²) >= 11 is 0. The highest BCUT2D eigenvalue weighted by Gasteiger charge is 2.29. The molecule has 2 atom stereocenters. The molecule has 1 saturated heterocycles. The van der Waals surface area contributed by atoms with Crippen LogP contribution in [0.15, 0.2) is 12.3 Å². The van der Waals surface area contributed by atoms with Crippen molar-refractivity contribution in [2.45, 2.75) is 38.8 Å². The van der Waals surface area contributed by atoms with Gasteiger partial charge < -0.3 is 15.4 Å². The molecule has 2 N–H and O–H groups in total. The van der Waals surface area contributed by atoms with E-state index in [2.05, 4.69) is 15.7 Å². The third-order valence-corrected chi connectivity index (χ3v) is 3.83. The Hall–Kier alpha value is -1.89. The highest BCUT2D eigenvalue weighted by molar-refractivity contribution is 5.92. The van der Waals surface area contributed by atoms with Crippen molar-refractivity contribution in [1.82, 2.24) is 20.4 Å². The lowest BCUT2D eigenvalue weighted by Crippen LogP contribution is -2.31. The first-order valence-corrected chi connectivity index (χ1v) is 7.67. The molecule has 2 heterocycles. The normalized spacial score (nSPS) is 21.1. The van der Waals surface area contributed by atoms with Crippen LogP contribution in [0.5, 0.6) is 0 Å². The van der Waals surface area contributed by atoms with E-state index in [1.165, 1.54) is 0 Å². The molecule has 2 unspecified atom stereocenters. The Balaban J connectivity index is 1.72. The average Bonchev–Trinajstić information content (AvgIpc) is 3.15. The average molecular weight is 308 g/mol. The number of likely N-dealkylation sites (N-methyl/N-ethyl adjacent to an activating group) is 1. The molecule has 7 nitrogen and oxygen atoms in total. The zero-order valence-corrected chi connectivity index (χ0v) is 13.3. The molecule has 0 spiro atoms. The van der Waals surface area contributed by atoms with Crippen molar-refractivity contribution in [3.8, 4) is 0 Å². The number of hydrogen-bond acceptors (Lipinski definition) is 4. The Morgan fingerprint density at radius 3 is 2.91 bits per heavy atom. The van der Waals surface area contributed by atoms with Crippen molar-refractivity contribution < 1.29 is 14.3 Å². The van der Waals surface area contributed by atoms with Crippen LogP contribution in [-0.4, -0.2) is 47.9 Å². The second-order valence-corrected chi connectivity index (χ2v) is 5.86. The van der Waals surface area contributed by atoms with E-state index >= 15 is 0 Å². The fraction of sp³-hybridized carbons (Fsp3) is 0.667. The number of nitrogens with zero attached hydrogens (tertiary/aromatic N) is 2. The molecule has 2 amide bonds. The summed E-state index contributed by atoms with van der Waals surface area (Å²) in [5.74, 6) is 0.0581. The van der Waals surface area contributed by atoms with Crippen LogP contribution >= 0.6 is 0 Å². The Morgan fingerprint density at radius 1 is 1.50 bits per heavy atom. The Morgan fingerprint density at radius 2 is 2.27 bits per heavy atom. The van der Waals surface area contributed by atoms with Crippen LogP contribution in [-0.2, 0) is 9.53 Å². The van der Waals surface area contributed by atoms with Gasteiger partial charge in [0.25, 0.3) is 5.91 Å². The molecule has 7 heteroatoms. The maximum Gasteiger partial charge on any atom is 0.271 e. The quantitative estimate of drug-likeness (QED) is 0.811. The standard InChI is InChI=1S/C15H24N4O3/c1-10(2)19-7-5-12(18-19)14(20)17-6-4-11-8-13(22-9-11)15(21)16-3/h5,7,10-11,13H,4,6,8-9H2,1-3H3,(H,16,21)(H,17,20). The molecule has 1 aromatic heterocycles. The third kappa shape index (κ3) is 4.07. The number of hydrogen-bond donors (Lipinski definition) is 2. The molecule has 0 radical (unpaired) electrons. The summed E-state index contributed by atoms with van der Waals surface area (Å²) in [6.07, 6.45) is 2.95. The number of nitrogens with one attached hydrogen (secondary N) is 2. The first kappa shape index (κ1) is 16.5. The molecule has 2 rings (SSSR count). The molecular weight excluding hydrogens is 284 g/mol. The van der Waals surface area contributed by atoms with E-state index in [1.54, 1.807) is 24.0 Å². The number of ether oxygens (including phenoxy) is 1. The fourth-order valence-electron chi connectivity index (χ4n) is 2.46. The van der Waals surface area contributed by atoms with Gasteiger partial charge in [0, 0.05) is 25.8 Å². The minimum atomic E-state index is -0.354. The summed E-state index contributed by atoms with van der Waals surface area (Å²) in [5.41, 5.74) is 0.430. The largest absolute Gasteiger partial charge is 0.368 e. The monoisotopic (exact) mass is 308 g/mol. The van der Waals surface area contributed by atoms with E-state index in [0.717, 1.165) is 6.42 Å². The minimum absolute atomic E-state index is 0.0780. The van der Waals surface area contributed by atoms with E-state index < -0.39 is 0 Å². The molecule has 0 saturated carbocycles. The molecule has 22 heavy (non-hydrogen) atoms. The molecule has 0 aliphatic carbocycles. The molecular formula is C15H24N4O3. The van der Waals surface area contributed by atoms with E-state index in [9.17, 15) is 9.59 Å². The van der Waals surface area contributed by atoms with Crippen molar-refractivity contribution in [2.75, 3.05) is 20.2 Å². The number of aromatic nitrogens is 2. The molecule has 1 fully saturated rings. The maximum absolute atomic E-state index is 12.0. The smallest absolute Gasteiger partial charge is 0.271 e. The number of carbonyl (C=O) groups excluding carboxylic acids is 2. The van der Waals surface area contributed by atoms with Crippen molar-refractivity contribution >= 4 is 11.8 Å². The van der Waals surface area contributed by atoms with E-state index in [4.69, 9.17) is 4.74 Å². The van der Waals surface area contributed by atoms with Gasteiger partial charge in [-0.3, -0.25) is 14.3 Å². The van der Waals surface area contributed by atoms with E-state index in [1.807, 2.05) is 13.8 Å². The lowest BCUT2D eigenvalue weighted by atomic mass is 10.0. The zero-order chi connectivity index (χ0) is 16.1. The Labute approximate surface area is 130 Å². The van der Waals surface area contributed by atoms with Gasteiger partial charge in [-0.15, -0.1) is 0 Å². The first-order chi connectivity index (χ1) is 10.5. The summed E-state index contributed by atoms with van der Waals surface area (Å²) in [6, 6.07) is 1.95. The van der Waals surface area contributed by atoms with Gasteiger partial charge in [-0.2, -0.15) is 5.10 Å². The SMILES string of the molecule is CNC(=O)C1CC(CCNC(=O)c2ccn(C(C)C)n2)CO1. The second-order valence-electron chi connectivity index (χ2n) is 5.86. The molecule has 0 bridgehead atoms. The van der Waals surface area contributed by atoms with Gasteiger partial charge >= 0.3 is 0 Å². The van der Waals surface area contributed by atoms with Crippen molar-refractivity contribution in [3.05, 3.63) is 18.0 Å². The van der Waals surface area contributed by atoms with Gasteiger partial charge in [-0.05, 0) is 38.7 Å². The zero-order valence-electron chi connectivity index (χ0n) is 13.3. The van der Waals surface area contributed by atoms with Crippen LogP contribution in [0.25, 0.3) is 0 Å². The molecule has 0 aromatic carbocycles. The summed E-state index contributed by atoms with van der Waals surface area (Å²) < 4.78 is 7.21. The molecule has 1 aromatic rings. The van der Waals surface area contributed by atoms with Crippen molar-refractivity contribution in [3.63, 3.8) is 0 Å².